The zero-order chi connectivity index (χ0) is 16.7. The first-order valence-corrected chi connectivity index (χ1v) is 8.12. The highest BCUT2D eigenvalue weighted by Crippen LogP contribution is 2.29. The number of hydrogen-bond acceptors (Lipinski definition) is 3. The summed E-state index contributed by atoms with van der Waals surface area (Å²) < 4.78 is 1.78. The Labute approximate surface area is 137 Å². The van der Waals surface area contributed by atoms with Crippen LogP contribution in [0.5, 0.6) is 0 Å². The molecule has 1 aromatic heterocycles. The summed E-state index contributed by atoms with van der Waals surface area (Å²) >= 11 is 0. The highest BCUT2D eigenvalue weighted by Gasteiger charge is 2.26. The molecule has 0 aliphatic heterocycles. The van der Waals surface area contributed by atoms with Gasteiger partial charge in [-0.3, -0.25) is 9.36 Å². The average Bonchev–Trinajstić information content (AvgIpc) is 3.09. The summed E-state index contributed by atoms with van der Waals surface area (Å²) in [4.78, 5) is 16.7. The first-order valence-electron chi connectivity index (χ1n) is 8.12. The molecule has 124 valence electrons. The molecule has 2 rings (SSSR count). The molecular formula is C18H25N3O2. The van der Waals surface area contributed by atoms with E-state index < -0.39 is 0 Å². The Kier molecular flexibility index (Phi) is 5.93. The van der Waals surface area contributed by atoms with Crippen molar-refractivity contribution >= 4 is 5.91 Å². The summed E-state index contributed by atoms with van der Waals surface area (Å²) in [5.41, 5.74) is 1.37. The van der Waals surface area contributed by atoms with Crippen molar-refractivity contribution < 1.29 is 9.90 Å². The van der Waals surface area contributed by atoms with Gasteiger partial charge in [-0.2, -0.15) is 0 Å². The topological polar surface area (TPSA) is 67.2 Å². The van der Waals surface area contributed by atoms with Crippen molar-refractivity contribution in [3.63, 3.8) is 0 Å². The van der Waals surface area contributed by atoms with E-state index in [4.69, 9.17) is 0 Å². The van der Waals surface area contributed by atoms with Gasteiger partial charge >= 0.3 is 0 Å². The van der Waals surface area contributed by atoms with Crippen LogP contribution in [0.4, 0.5) is 0 Å². The molecular weight excluding hydrogens is 290 g/mol. The van der Waals surface area contributed by atoms with Gasteiger partial charge < -0.3 is 10.4 Å². The van der Waals surface area contributed by atoms with E-state index in [9.17, 15) is 9.90 Å². The Hall–Kier alpha value is -2.14. The monoisotopic (exact) mass is 315 g/mol. The number of hydrogen-bond donors (Lipinski definition) is 2. The molecule has 1 heterocycles. The maximum Gasteiger partial charge on any atom is 0.269 e. The zero-order valence-electron chi connectivity index (χ0n) is 13.8. The van der Waals surface area contributed by atoms with Gasteiger partial charge in [0, 0.05) is 18.8 Å². The van der Waals surface area contributed by atoms with Crippen LogP contribution in [0.15, 0.2) is 42.9 Å². The lowest BCUT2D eigenvalue weighted by atomic mass is 9.79. The lowest BCUT2D eigenvalue weighted by molar-refractivity contribution is 0.0900. The van der Waals surface area contributed by atoms with Crippen molar-refractivity contribution in [1.29, 1.82) is 0 Å². The molecule has 1 amide bonds. The van der Waals surface area contributed by atoms with Gasteiger partial charge in [0.15, 0.2) is 0 Å². The molecule has 0 saturated heterocycles. The number of para-hydroxylation sites is 1. The summed E-state index contributed by atoms with van der Waals surface area (Å²) in [7, 11) is 0. The van der Waals surface area contributed by atoms with Crippen molar-refractivity contribution in [2.24, 2.45) is 5.41 Å². The zero-order valence-corrected chi connectivity index (χ0v) is 13.8. The molecule has 0 radical (unpaired) electrons. The number of imidazole rings is 1. The third-order valence-electron chi connectivity index (χ3n) is 4.67. The Morgan fingerprint density at radius 2 is 1.96 bits per heavy atom. The van der Waals surface area contributed by atoms with Crippen LogP contribution in [-0.4, -0.2) is 33.7 Å². The number of amides is 1. The Balaban J connectivity index is 2.12. The van der Waals surface area contributed by atoms with E-state index in [1.165, 1.54) is 0 Å². The fourth-order valence-electron chi connectivity index (χ4n) is 2.79. The van der Waals surface area contributed by atoms with Gasteiger partial charge in [0.25, 0.3) is 5.91 Å². The molecule has 23 heavy (non-hydrogen) atoms. The number of aromatic nitrogens is 2. The van der Waals surface area contributed by atoms with Gasteiger partial charge in [-0.1, -0.05) is 32.0 Å². The van der Waals surface area contributed by atoms with Crippen molar-refractivity contribution in [2.75, 3.05) is 13.2 Å². The molecule has 0 atom stereocenters. The standard InChI is InChI=1S/C18H25N3O2/c1-3-18(4-2,10-11-22)13-20-17(23)16-12-19-14-21(16)15-8-6-5-7-9-15/h5-9,12,14,22H,3-4,10-11,13H2,1-2H3,(H,20,23). The predicted molar refractivity (Wildman–Crippen MR) is 90.6 cm³/mol. The van der Waals surface area contributed by atoms with Gasteiger partial charge in [0.2, 0.25) is 0 Å². The van der Waals surface area contributed by atoms with E-state index in [2.05, 4.69) is 24.1 Å². The molecule has 5 nitrogen and oxygen atoms in total. The van der Waals surface area contributed by atoms with Crippen LogP contribution in [-0.2, 0) is 0 Å². The fraction of sp³-hybridized carbons (Fsp3) is 0.444. The second-order valence-corrected chi connectivity index (χ2v) is 5.85. The summed E-state index contributed by atoms with van der Waals surface area (Å²) in [5, 5.41) is 12.3. The number of nitrogens with one attached hydrogen (secondary N) is 1. The third-order valence-corrected chi connectivity index (χ3v) is 4.67. The summed E-state index contributed by atoms with van der Waals surface area (Å²) in [6, 6.07) is 9.67. The number of aliphatic hydroxyl groups is 1. The Morgan fingerprint density at radius 3 is 2.57 bits per heavy atom. The smallest absolute Gasteiger partial charge is 0.269 e. The molecule has 1 aromatic carbocycles. The van der Waals surface area contributed by atoms with E-state index >= 15 is 0 Å². The summed E-state index contributed by atoms with van der Waals surface area (Å²) in [6.45, 7) is 4.89. The second kappa shape index (κ2) is 7.92. The normalized spacial score (nSPS) is 11.4. The highest BCUT2D eigenvalue weighted by molar-refractivity contribution is 5.93. The highest BCUT2D eigenvalue weighted by atomic mass is 16.3. The number of carbonyl (C=O) groups excluding carboxylic acids is 1. The van der Waals surface area contributed by atoms with E-state index in [1.807, 2.05) is 30.3 Å². The Bertz CT molecular complexity index is 618. The van der Waals surface area contributed by atoms with Gasteiger partial charge in [-0.25, -0.2) is 4.98 Å². The van der Waals surface area contributed by atoms with E-state index in [-0.39, 0.29) is 17.9 Å². The number of nitrogens with zero attached hydrogens (tertiary/aromatic N) is 2. The van der Waals surface area contributed by atoms with Crippen LogP contribution in [0.25, 0.3) is 5.69 Å². The number of aliphatic hydroxyl groups excluding tert-OH is 1. The van der Waals surface area contributed by atoms with E-state index in [0.717, 1.165) is 18.5 Å². The summed E-state index contributed by atoms with van der Waals surface area (Å²) in [6.07, 6.45) is 5.75. The van der Waals surface area contributed by atoms with Crippen LogP contribution in [0.1, 0.15) is 43.6 Å². The molecule has 5 heteroatoms. The fourth-order valence-corrected chi connectivity index (χ4v) is 2.79. The van der Waals surface area contributed by atoms with Gasteiger partial charge in [-0.15, -0.1) is 0 Å². The van der Waals surface area contributed by atoms with Crippen molar-refractivity contribution in [3.8, 4) is 5.69 Å². The molecule has 2 N–H and O–H groups in total. The molecule has 2 aromatic rings. The molecule has 0 fully saturated rings. The van der Waals surface area contributed by atoms with Crippen LogP contribution in [0, 0.1) is 5.41 Å². The summed E-state index contributed by atoms with van der Waals surface area (Å²) in [5.74, 6) is -0.143. The third kappa shape index (κ3) is 3.99. The number of carbonyl (C=O) groups is 1. The minimum Gasteiger partial charge on any atom is -0.396 e. The second-order valence-electron chi connectivity index (χ2n) is 5.85. The molecule has 0 saturated carbocycles. The van der Waals surface area contributed by atoms with Crippen LogP contribution in [0.2, 0.25) is 0 Å². The average molecular weight is 315 g/mol. The maximum absolute atomic E-state index is 12.5. The van der Waals surface area contributed by atoms with Crippen molar-refractivity contribution in [1.82, 2.24) is 14.9 Å². The minimum absolute atomic E-state index is 0.0536. The molecule has 0 aliphatic carbocycles. The largest absolute Gasteiger partial charge is 0.396 e. The van der Waals surface area contributed by atoms with Gasteiger partial charge in [0.05, 0.1) is 12.5 Å². The molecule has 0 bridgehead atoms. The maximum atomic E-state index is 12.5. The lowest BCUT2D eigenvalue weighted by Gasteiger charge is -2.31. The number of benzene rings is 1. The van der Waals surface area contributed by atoms with Crippen LogP contribution < -0.4 is 5.32 Å². The van der Waals surface area contributed by atoms with E-state index in [1.54, 1.807) is 17.1 Å². The van der Waals surface area contributed by atoms with Crippen LogP contribution in [0.3, 0.4) is 0 Å². The molecule has 0 aliphatic rings. The van der Waals surface area contributed by atoms with Gasteiger partial charge in [-0.05, 0) is 36.8 Å². The first kappa shape index (κ1) is 17.2. The molecule has 0 spiro atoms. The van der Waals surface area contributed by atoms with E-state index in [0.29, 0.717) is 18.7 Å². The van der Waals surface area contributed by atoms with Crippen LogP contribution >= 0.6 is 0 Å². The van der Waals surface area contributed by atoms with Crippen molar-refractivity contribution in [2.45, 2.75) is 33.1 Å². The minimum atomic E-state index is -0.143. The number of rotatable bonds is 8. The first-order chi connectivity index (χ1) is 11.2. The lowest BCUT2D eigenvalue weighted by Crippen LogP contribution is -2.38. The quantitative estimate of drug-likeness (QED) is 0.787. The SMILES string of the molecule is CCC(CC)(CCO)CNC(=O)c1cncn1-c1ccccc1. The Morgan fingerprint density at radius 1 is 1.26 bits per heavy atom. The molecule has 0 unspecified atom stereocenters. The van der Waals surface area contributed by atoms with Crippen molar-refractivity contribution in [3.05, 3.63) is 48.5 Å². The van der Waals surface area contributed by atoms with Gasteiger partial charge in [0.1, 0.15) is 5.69 Å². The predicted octanol–water partition coefficient (Wildman–Crippen LogP) is 2.79.